The van der Waals surface area contributed by atoms with Crippen molar-refractivity contribution in [2.45, 2.75) is 50.5 Å². The van der Waals surface area contributed by atoms with Gasteiger partial charge < -0.3 is 24.8 Å². The topological polar surface area (TPSA) is 98.8 Å². The first-order chi connectivity index (χ1) is 18.0. The van der Waals surface area contributed by atoms with E-state index in [1.165, 1.54) is 6.42 Å². The third-order valence-electron chi connectivity index (χ3n) is 7.40. The zero-order valence-electron chi connectivity index (χ0n) is 21.7. The molecule has 1 aliphatic carbocycles. The minimum atomic E-state index is -1.22. The Morgan fingerprint density at radius 1 is 1.08 bits per heavy atom. The van der Waals surface area contributed by atoms with Crippen LogP contribution >= 0.6 is 0 Å². The van der Waals surface area contributed by atoms with E-state index in [2.05, 4.69) is 15.2 Å². The van der Waals surface area contributed by atoms with Gasteiger partial charge in [-0.05, 0) is 49.6 Å². The minimum Gasteiger partial charge on any atom is -0.442 e. The fraction of sp³-hybridized carbons (Fsp3) is 0.467. The van der Waals surface area contributed by atoms with Gasteiger partial charge in [0.05, 0.1) is 6.20 Å². The van der Waals surface area contributed by atoms with Gasteiger partial charge >= 0.3 is 0 Å². The number of benzene rings is 2. The van der Waals surface area contributed by atoms with Crippen molar-refractivity contribution < 1.29 is 19.4 Å². The highest BCUT2D eigenvalue weighted by atomic mass is 16.4. The summed E-state index contributed by atoms with van der Waals surface area (Å²) in [5, 5.41) is 24.0. The van der Waals surface area contributed by atoms with Gasteiger partial charge in [-0.1, -0.05) is 61.7 Å². The second kappa shape index (κ2) is 13.0. The Bertz CT molecular complexity index is 1130. The van der Waals surface area contributed by atoms with E-state index in [1.54, 1.807) is 12.3 Å². The number of nitrogens with one attached hydrogen (secondary N) is 1. The molecule has 7 heteroatoms. The van der Waals surface area contributed by atoms with E-state index in [1.807, 2.05) is 55.6 Å². The highest BCUT2D eigenvalue weighted by Gasteiger charge is 2.44. The zero-order valence-corrected chi connectivity index (χ0v) is 21.7. The molecule has 198 valence electrons. The smallest absolute Gasteiger partial charge is 0.251 e. The summed E-state index contributed by atoms with van der Waals surface area (Å²) < 4.78 is 6.16. The molecule has 4 rings (SSSR count). The lowest BCUT2D eigenvalue weighted by Gasteiger charge is -2.36. The first-order valence-electron chi connectivity index (χ1n) is 13.4. The normalized spacial score (nSPS) is 16.0. The lowest BCUT2D eigenvalue weighted by molar-refractivity contribution is -0.0239. The zero-order chi connectivity index (χ0) is 26.1. The van der Waals surface area contributed by atoms with Crippen molar-refractivity contribution in [1.29, 1.82) is 0 Å². The molecule has 1 saturated carbocycles. The molecule has 37 heavy (non-hydrogen) atoms. The maximum atomic E-state index is 12.5. The number of amides is 1. The molecular weight excluding hydrogens is 466 g/mol. The third-order valence-corrected chi connectivity index (χ3v) is 7.40. The van der Waals surface area contributed by atoms with Gasteiger partial charge in [-0.3, -0.25) is 4.79 Å². The number of aliphatic hydroxyl groups excluding tert-OH is 1. The lowest BCUT2D eigenvalue weighted by Crippen LogP contribution is -2.38. The Morgan fingerprint density at radius 3 is 2.62 bits per heavy atom. The van der Waals surface area contributed by atoms with Crippen molar-refractivity contribution in [1.82, 2.24) is 15.2 Å². The van der Waals surface area contributed by atoms with Crippen LogP contribution in [0.15, 0.2) is 65.2 Å². The Labute approximate surface area is 219 Å². The molecular formula is C30H39N3O4. The lowest BCUT2D eigenvalue weighted by atomic mass is 9.73. The van der Waals surface area contributed by atoms with E-state index < -0.39 is 5.60 Å². The Morgan fingerprint density at radius 2 is 1.86 bits per heavy atom. The molecule has 0 radical (unpaired) electrons. The molecule has 1 atom stereocenters. The van der Waals surface area contributed by atoms with E-state index in [9.17, 15) is 9.90 Å². The number of hydrogen-bond donors (Lipinski definition) is 3. The maximum absolute atomic E-state index is 12.5. The Hall–Kier alpha value is -3.00. The molecule has 1 amide bonds. The number of rotatable bonds is 12. The van der Waals surface area contributed by atoms with E-state index in [4.69, 9.17) is 9.52 Å². The number of carbonyl (C=O) groups is 1. The van der Waals surface area contributed by atoms with E-state index in [-0.39, 0.29) is 18.4 Å². The number of carbonyl (C=O) groups excluding carboxylic acids is 1. The molecule has 1 aromatic heterocycles. The van der Waals surface area contributed by atoms with Crippen molar-refractivity contribution in [3.05, 3.63) is 89.1 Å². The molecule has 0 bridgehead atoms. The number of aromatic nitrogens is 1. The molecule has 1 aliphatic rings. The van der Waals surface area contributed by atoms with Gasteiger partial charge in [-0.2, -0.15) is 0 Å². The second-order valence-corrected chi connectivity index (χ2v) is 10.1. The number of oxazole rings is 1. The van der Waals surface area contributed by atoms with Gasteiger partial charge in [0.25, 0.3) is 5.91 Å². The van der Waals surface area contributed by atoms with Crippen molar-refractivity contribution in [2.24, 2.45) is 5.92 Å². The largest absolute Gasteiger partial charge is 0.442 e. The third kappa shape index (κ3) is 6.86. The summed E-state index contributed by atoms with van der Waals surface area (Å²) in [7, 11) is 2.01. The van der Waals surface area contributed by atoms with Gasteiger partial charge in [-0.25, -0.2) is 4.98 Å². The molecule has 3 N–H and O–H groups in total. The van der Waals surface area contributed by atoms with Crippen LogP contribution in [0.1, 0.15) is 65.2 Å². The summed E-state index contributed by atoms with van der Waals surface area (Å²) in [6.45, 7) is 2.02. The molecule has 0 saturated heterocycles. The Kier molecular flexibility index (Phi) is 9.50. The van der Waals surface area contributed by atoms with Crippen molar-refractivity contribution in [2.75, 3.05) is 33.3 Å². The van der Waals surface area contributed by atoms with Crippen molar-refractivity contribution in [3.63, 3.8) is 0 Å². The average molecular weight is 506 g/mol. The fourth-order valence-corrected chi connectivity index (χ4v) is 5.22. The average Bonchev–Trinajstić information content (AvgIpc) is 3.42. The number of aliphatic hydroxyl groups is 2. The number of nitrogens with zero attached hydrogens (tertiary/aromatic N) is 2. The van der Waals surface area contributed by atoms with Crippen LogP contribution in [0.3, 0.4) is 0 Å². The van der Waals surface area contributed by atoms with Crippen LogP contribution in [-0.2, 0) is 18.4 Å². The first kappa shape index (κ1) is 27.0. The van der Waals surface area contributed by atoms with Crippen LogP contribution in [0.5, 0.6) is 0 Å². The first-order valence-corrected chi connectivity index (χ1v) is 13.4. The van der Waals surface area contributed by atoms with Gasteiger partial charge in [0.15, 0.2) is 5.60 Å². The standard InChI is InChI=1S/C30H39N3O4/c1-33(19-17-31-28(35)24-10-8-9-23(21-24)16-20-34)18-15-27-22-32-29(37-27)30(36,25-11-4-2-5-12-25)26-13-6-3-7-14-26/h2,4-5,8-12,21-22,26,34,36H,3,6-7,13-20H2,1H3,(H,31,35)/t30-/m0/s1. The fourth-order valence-electron chi connectivity index (χ4n) is 5.22. The molecule has 1 heterocycles. The van der Waals surface area contributed by atoms with Crippen LogP contribution in [0.25, 0.3) is 0 Å². The molecule has 1 fully saturated rings. The predicted octanol–water partition coefficient (Wildman–Crippen LogP) is 3.93. The summed E-state index contributed by atoms with van der Waals surface area (Å²) in [4.78, 5) is 19.2. The summed E-state index contributed by atoms with van der Waals surface area (Å²) in [6, 6.07) is 17.1. The van der Waals surface area contributed by atoms with Crippen LogP contribution in [0, 0.1) is 5.92 Å². The van der Waals surface area contributed by atoms with Gasteiger partial charge in [0.2, 0.25) is 5.89 Å². The van der Waals surface area contributed by atoms with Crippen LogP contribution in [0.2, 0.25) is 0 Å². The highest BCUT2D eigenvalue weighted by molar-refractivity contribution is 5.94. The van der Waals surface area contributed by atoms with Crippen molar-refractivity contribution in [3.8, 4) is 0 Å². The second-order valence-electron chi connectivity index (χ2n) is 10.1. The molecule has 2 aromatic carbocycles. The SMILES string of the molecule is CN(CCNC(=O)c1cccc(CCO)c1)CCc1cnc([C@](O)(c2ccccc2)C2CCCCC2)o1. The van der Waals surface area contributed by atoms with E-state index >= 15 is 0 Å². The monoisotopic (exact) mass is 505 g/mol. The Balaban J connectivity index is 1.31. The number of likely N-dealkylation sites (N-methyl/N-ethyl adjacent to an activating group) is 1. The summed E-state index contributed by atoms with van der Waals surface area (Å²) in [5.74, 6) is 1.11. The highest BCUT2D eigenvalue weighted by Crippen LogP contribution is 2.43. The van der Waals surface area contributed by atoms with Gasteiger partial charge in [0.1, 0.15) is 5.76 Å². The summed E-state index contributed by atoms with van der Waals surface area (Å²) in [5.41, 5.74) is 1.17. The minimum absolute atomic E-state index is 0.0642. The van der Waals surface area contributed by atoms with E-state index in [0.29, 0.717) is 37.4 Å². The molecule has 7 nitrogen and oxygen atoms in total. The molecule has 0 spiro atoms. The quantitative estimate of drug-likeness (QED) is 0.345. The van der Waals surface area contributed by atoms with Crippen molar-refractivity contribution >= 4 is 5.91 Å². The van der Waals surface area contributed by atoms with Crippen LogP contribution < -0.4 is 5.32 Å². The maximum Gasteiger partial charge on any atom is 0.251 e. The summed E-state index contributed by atoms with van der Waals surface area (Å²) >= 11 is 0. The van der Waals surface area contributed by atoms with Crippen LogP contribution in [0.4, 0.5) is 0 Å². The van der Waals surface area contributed by atoms with Gasteiger partial charge in [0, 0.05) is 44.1 Å². The van der Waals surface area contributed by atoms with E-state index in [0.717, 1.165) is 49.1 Å². The number of hydrogen-bond acceptors (Lipinski definition) is 6. The molecule has 0 aliphatic heterocycles. The molecule has 0 unspecified atom stereocenters. The summed E-state index contributed by atoms with van der Waals surface area (Å²) in [6.07, 6.45) is 8.30. The van der Waals surface area contributed by atoms with Crippen LogP contribution in [-0.4, -0.2) is 59.3 Å². The predicted molar refractivity (Wildman–Crippen MR) is 143 cm³/mol. The molecule has 3 aromatic rings. The van der Waals surface area contributed by atoms with Gasteiger partial charge in [-0.15, -0.1) is 0 Å².